The van der Waals surface area contributed by atoms with E-state index >= 15 is 0 Å². The zero-order chi connectivity index (χ0) is 25.3. The second-order valence-electron chi connectivity index (χ2n) is 9.95. The van der Waals surface area contributed by atoms with Crippen molar-refractivity contribution >= 4 is 33.7 Å². The zero-order valence-electron chi connectivity index (χ0n) is 21.1. The first-order valence-corrected chi connectivity index (χ1v) is 13.2. The van der Waals surface area contributed by atoms with Gasteiger partial charge < -0.3 is 4.98 Å². The molecule has 5 aromatic rings. The van der Waals surface area contributed by atoms with Crippen LogP contribution in [0.25, 0.3) is 50.2 Å². The third-order valence-electron chi connectivity index (χ3n) is 7.37. The molecular weight excluding hydrogens is 472 g/mol. The maximum absolute atomic E-state index is 4.69. The van der Waals surface area contributed by atoms with Crippen LogP contribution in [0.3, 0.4) is 0 Å². The van der Waals surface area contributed by atoms with Crippen LogP contribution in [0.15, 0.2) is 77.8 Å². The second kappa shape index (κ2) is 9.79. The van der Waals surface area contributed by atoms with E-state index in [0.717, 1.165) is 69.7 Å². The van der Waals surface area contributed by atoms with Gasteiger partial charge in [-0.15, -0.1) is 0 Å². The molecule has 0 saturated carbocycles. The molecular formula is C30H28N8. The molecule has 0 atom stereocenters. The van der Waals surface area contributed by atoms with Gasteiger partial charge in [0.05, 0.1) is 35.3 Å². The third-order valence-corrected chi connectivity index (χ3v) is 7.37. The van der Waals surface area contributed by atoms with E-state index in [1.54, 1.807) is 6.20 Å². The minimum absolute atomic E-state index is 0.664. The zero-order valence-corrected chi connectivity index (χ0v) is 21.1. The molecule has 2 aliphatic rings. The summed E-state index contributed by atoms with van der Waals surface area (Å²) in [6.07, 6.45) is 17.8. The lowest BCUT2D eigenvalue weighted by Gasteiger charge is -2.26. The van der Waals surface area contributed by atoms with Gasteiger partial charge in [0.2, 0.25) is 0 Å². The van der Waals surface area contributed by atoms with Crippen LogP contribution in [-0.2, 0) is 0 Å². The summed E-state index contributed by atoms with van der Waals surface area (Å²) in [5, 5.41) is 9.74. The molecule has 0 spiro atoms. The molecule has 0 aromatic carbocycles. The molecule has 7 rings (SSSR count). The van der Waals surface area contributed by atoms with Crippen molar-refractivity contribution in [1.29, 1.82) is 0 Å². The molecule has 0 aliphatic carbocycles. The Labute approximate surface area is 220 Å². The van der Waals surface area contributed by atoms with Crippen LogP contribution in [-0.4, -0.2) is 67.4 Å². The van der Waals surface area contributed by atoms with Crippen LogP contribution in [0.5, 0.6) is 0 Å². The summed E-state index contributed by atoms with van der Waals surface area (Å²) < 4.78 is 0. The molecule has 7 heterocycles. The number of fused-ring (bicyclic) bond motifs is 2. The summed E-state index contributed by atoms with van der Waals surface area (Å²) in [6, 6.07) is 10.2. The molecule has 8 nitrogen and oxygen atoms in total. The van der Waals surface area contributed by atoms with Crippen molar-refractivity contribution in [2.24, 2.45) is 4.99 Å². The highest BCUT2D eigenvalue weighted by Gasteiger charge is 2.17. The van der Waals surface area contributed by atoms with Gasteiger partial charge >= 0.3 is 0 Å². The largest absolute Gasteiger partial charge is 0.352 e. The average Bonchev–Trinajstić information content (AvgIpc) is 3.52. The van der Waals surface area contributed by atoms with E-state index in [-0.39, 0.29) is 0 Å². The van der Waals surface area contributed by atoms with Crippen LogP contribution in [0.4, 0.5) is 0 Å². The first-order chi connectivity index (χ1) is 18.8. The SMILES string of the molecule is C1=NCC=C(c2cnc3n[nH]c(-c4cc5c(-c6ccccn6)cncc5[nH]4)c3c2)C=C1CN1CCCCC1. The molecule has 1 fully saturated rings. The molecule has 38 heavy (non-hydrogen) atoms. The number of nitrogens with one attached hydrogen (secondary N) is 2. The van der Waals surface area contributed by atoms with Gasteiger partial charge in [-0.1, -0.05) is 18.6 Å². The van der Waals surface area contributed by atoms with Crippen molar-refractivity contribution < 1.29 is 0 Å². The fourth-order valence-corrected chi connectivity index (χ4v) is 5.46. The van der Waals surface area contributed by atoms with Crippen molar-refractivity contribution in [1.82, 2.24) is 35.0 Å². The Kier molecular flexibility index (Phi) is 5.86. The van der Waals surface area contributed by atoms with Gasteiger partial charge in [0.1, 0.15) is 0 Å². The predicted molar refractivity (Wildman–Crippen MR) is 152 cm³/mol. The molecule has 1 saturated heterocycles. The normalized spacial score (nSPS) is 16.5. The quantitative estimate of drug-likeness (QED) is 0.335. The standard InChI is InChI=1S/C30H28N8/c1-4-10-38(11-5-1)19-20-12-21(7-9-31-15-20)22-13-24-29(36-37-30(24)34-16-22)27-14-23-25(17-32-18-28(23)35-27)26-6-2-3-8-33-26/h2-3,6-8,12-18,35H,1,4-5,9-11,19H2,(H,34,36,37). The Balaban J connectivity index is 1.25. The van der Waals surface area contributed by atoms with Crippen LogP contribution < -0.4 is 0 Å². The van der Waals surface area contributed by atoms with E-state index in [1.807, 2.05) is 43.0 Å². The Morgan fingerprint density at radius 1 is 0.947 bits per heavy atom. The Bertz CT molecular complexity index is 1700. The lowest BCUT2D eigenvalue weighted by Crippen LogP contribution is -2.31. The number of aromatic nitrogens is 6. The van der Waals surface area contributed by atoms with Crippen molar-refractivity contribution in [2.75, 3.05) is 26.2 Å². The number of piperidine rings is 1. The van der Waals surface area contributed by atoms with E-state index in [0.29, 0.717) is 12.2 Å². The Hall–Kier alpha value is -4.43. The number of aromatic amines is 2. The minimum atomic E-state index is 0.664. The minimum Gasteiger partial charge on any atom is -0.352 e. The molecule has 0 bridgehead atoms. The van der Waals surface area contributed by atoms with Gasteiger partial charge in [-0.25, -0.2) is 4.98 Å². The monoisotopic (exact) mass is 500 g/mol. The van der Waals surface area contributed by atoms with Gasteiger partial charge in [0, 0.05) is 53.2 Å². The summed E-state index contributed by atoms with van der Waals surface area (Å²) in [5.74, 6) is 0. The highest BCUT2D eigenvalue weighted by molar-refractivity contribution is 6.00. The van der Waals surface area contributed by atoms with Gasteiger partial charge in [-0.05, 0) is 67.4 Å². The second-order valence-corrected chi connectivity index (χ2v) is 9.95. The number of likely N-dealkylation sites (tertiary alicyclic amines) is 1. The summed E-state index contributed by atoms with van der Waals surface area (Å²) >= 11 is 0. The van der Waals surface area contributed by atoms with Crippen LogP contribution in [0.1, 0.15) is 24.8 Å². The number of H-pyrrole nitrogens is 2. The van der Waals surface area contributed by atoms with Gasteiger partial charge in [-0.3, -0.25) is 25.0 Å². The van der Waals surface area contributed by atoms with Crippen molar-refractivity contribution in [3.05, 3.63) is 78.4 Å². The van der Waals surface area contributed by atoms with E-state index in [4.69, 9.17) is 4.98 Å². The van der Waals surface area contributed by atoms with E-state index in [2.05, 4.69) is 59.3 Å². The van der Waals surface area contributed by atoms with Gasteiger partial charge in [-0.2, -0.15) is 5.10 Å². The molecule has 5 aromatic heterocycles. The van der Waals surface area contributed by atoms with Crippen LogP contribution >= 0.6 is 0 Å². The summed E-state index contributed by atoms with van der Waals surface area (Å²) in [4.78, 5) is 24.3. The number of aliphatic imine (C=N–C) groups is 1. The lowest BCUT2D eigenvalue weighted by molar-refractivity contribution is 0.249. The van der Waals surface area contributed by atoms with Gasteiger partial charge in [0.15, 0.2) is 5.65 Å². The third kappa shape index (κ3) is 4.33. The highest BCUT2D eigenvalue weighted by atomic mass is 15.2. The lowest BCUT2D eigenvalue weighted by atomic mass is 10.0. The van der Waals surface area contributed by atoms with Crippen LogP contribution in [0.2, 0.25) is 0 Å². The molecule has 188 valence electrons. The number of hydrogen-bond acceptors (Lipinski definition) is 6. The summed E-state index contributed by atoms with van der Waals surface area (Å²) in [5.41, 5.74) is 8.81. The maximum atomic E-state index is 4.69. The first-order valence-electron chi connectivity index (χ1n) is 13.2. The molecule has 2 N–H and O–H groups in total. The number of allylic oxidation sites excluding steroid dienone is 2. The number of hydrogen-bond donors (Lipinski definition) is 2. The van der Waals surface area contributed by atoms with Gasteiger partial charge in [0.25, 0.3) is 0 Å². The number of rotatable bonds is 5. The molecule has 0 radical (unpaired) electrons. The van der Waals surface area contributed by atoms with E-state index in [1.165, 1.54) is 24.8 Å². The van der Waals surface area contributed by atoms with E-state index < -0.39 is 0 Å². The van der Waals surface area contributed by atoms with Crippen LogP contribution in [0, 0.1) is 0 Å². The van der Waals surface area contributed by atoms with E-state index in [9.17, 15) is 0 Å². The Morgan fingerprint density at radius 3 is 2.79 bits per heavy atom. The molecule has 0 amide bonds. The first kappa shape index (κ1) is 22.7. The topological polar surface area (TPSA) is 98.7 Å². The molecule has 2 aliphatic heterocycles. The smallest absolute Gasteiger partial charge is 0.181 e. The molecule has 8 heteroatoms. The fraction of sp³-hybridized carbons (Fsp3) is 0.233. The Morgan fingerprint density at radius 2 is 1.89 bits per heavy atom. The fourth-order valence-electron chi connectivity index (χ4n) is 5.46. The average molecular weight is 501 g/mol. The van der Waals surface area contributed by atoms with Crippen molar-refractivity contribution in [2.45, 2.75) is 19.3 Å². The predicted octanol–water partition coefficient (Wildman–Crippen LogP) is 5.44. The number of pyridine rings is 3. The van der Waals surface area contributed by atoms with Crippen molar-refractivity contribution in [3.63, 3.8) is 0 Å². The van der Waals surface area contributed by atoms with Crippen molar-refractivity contribution in [3.8, 4) is 22.6 Å². The summed E-state index contributed by atoms with van der Waals surface area (Å²) in [7, 11) is 0. The molecule has 0 unspecified atom stereocenters. The summed E-state index contributed by atoms with van der Waals surface area (Å²) in [6.45, 7) is 3.93. The highest BCUT2D eigenvalue weighted by Crippen LogP contribution is 2.33. The number of nitrogens with zero attached hydrogens (tertiary/aromatic N) is 6. The maximum Gasteiger partial charge on any atom is 0.181 e.